The fraction of sp³-hybridized carbons (Fsp3) is 0.417. The Morgan fingerprint density at radius 2 is 2.05 bits per heavy atom. The topological polar surface area (TPSA) is 92.7 Å². The average Bonchev–Trinajstić information content (AvgIpc) is 2.27. The molecule has 0 spiro atoms. The molecule has 1 aromatic rings. The molecule has 19 heavy (non-hydrogen) atoms. The highest BCUT2D eigenvalue weighted by atomic mass is 32.2. The Hall–Kier alpha value is -1.44. The first kappa shape index (κ1) is 15.6. The zero-order valence-electron chi connectivity index (χ0n) is 11.0. The average molecular weight is 287 g/mol. The second-order valence-corrected chi connectivity index (χ2v) is 6.22. The predicted octanol–water partition coefficient (Wildman–Crippen LogP) is 1.56. The number of hydrogen-bond donors (Lipinski definition) is 2. The molecule has 0 heterocycles. The van der Waals surface area contributed by atoms with Crippen LogP contribution in [0, 0.1) is 12.8 Å². The molecule has 0 radical (unpaired) electrons. The second kappa shape index (κ2) is 6.14. The van der Waals surface area contributed by atoms with Crippen molar-refractivity contribution in [2.75, 3.05) is 6.61 Å². The number of aryl methyl sites for hydroxylation is 1. The van der Waals surface area contributed by atoms with E-state index in [-0.39, 0.29) is 23.0 Å². The van der Waals surface area contributed by atoms with Crippen LogP contribution in [0.4, 0.5) is 0 Å². The smallest absolute Gasteiger partial charge is 0.335 e. The Balaban J connectivity index is 2.96. The third-order valence-electron chi connectivity index (χ3n) is 2.34. The van der Waals surface area contributed by atoms with Gasteiger partial charge in [0.15, 0.2) is 0 Å². The van der Waals surface area contributed by atoms with Gasteiger partial charge in [-0.25, -0.2) is 13.2 Å². The number of carbonyl (C=O) groups is 1. The molecule has 2 N–H and O–H groups in total. The largest absolute Gasteiger partial charge is 0.478 e. The summed E-state index contributed by atoms with van der Waals surface area (Å²) in [6.07, 6.45) is 0. The number of aromatic carboxylic acids is 1. The van der Waals surface area contributed by atoms with Gasteiger partial charge in [-0.2, -0.15) is 0 Å². The van der Waals surface area contributed by atoms with E-state index >= 15 is 0 Å². The molecule has 0 saturated carbocycles. The van der Waals surface area contributed by atoms with Crippen LogP contribution < -0.4 is 4.89 Å². The van der Waals surface area contributed by atoms with E-state index in [2.05, 4.69) is 0 Å². The van der Waals surface area contributed by atoms with Crippen molar-refractivity contribution in [3.05, 3.63) is 29.3 Å². The standard InChI is InChI=1S/C12H17NO5S/c1-8(2)7-18-13-19(16,17)10-5-4-9(3)11(6-10)12(14)15/h4-6,8,13H,7H2,1-3H3,(H,14,15). The van der Waals surface area contributed by atoms with Crippen molar-refractivity contribution in [3.63, 3.8) is 0 Å². The third kappa shape index (κ3) is 4.30. The Morgan fingerprint density at radius 3 is 2.58 bits per heavy atom. The van der Waals surface area contributed by atoms with Crippen molar-refractivity contribution in [2.24, 2.45) is 5.92 Å². The molecule has 1 aromatic carbocycles. The summed E-state index contributed by atoms with van der Waals surface area (Å²) in [5.41, 5.74) is 0.446. The van der Waals surface area contributed by atoms with Gasteiger partial charge in [0.05, 0.1) is 17.1 Å². The van der Waals surface area contributed by atoms with E-state index in [1.54, 1.807) is 6.92 Å². The molecular weight excluding hydrogens is 270 g/mol. The maximum absolute atomic E-state index is 11.9. The molecule has 1 rings (SSSR count). The van der Waals surface area contributed by atoms with E-state index in [0.717, 1.165) is 6.07 Å². The number of rotatable bonds is 6. The van der Waals surface area contributed by atoms with Gasteiger partial charge in [0.1, 0.15) is 0 Å². The van der Waals surface area contributed by atoms with Crippen LogP contribution in [0.1, 0.15) is 29.8 Å². The van der Waals surface area contributed by atoms with Gasteiger partial charge in [-0.1, -0.05) is 24.8 Å². The fourth-order valence-electron chi connectivity index (χ4n) is 1.33. The lowest BCUT2D eigenvalue weighted by molar-refractivity contribution is 0.0695. The van der Waals surface area contributed by atoms with Gasteiger partial charge in [-0.05, 0) is 30.5 Å². The third-order valence-corrected chi connectivity index (χ3v) is 3.55. The molecule has 7 heteroatoms. The zero-order valence-corrected chi connectivity index (χ0v) is 11.8. The summed E-state index contributed by atoms with van der Waals surface area (Å²) in [7, 11) is -3.86. The first-order valence-corrected chi connectivity index (χ1v) is 7.20. The Bertz CT molecular complexity index is 565. The quantitative estimate of drug-likeness (QED) is 0.774. The molecular formula is C12H17NO5S. The molecule has 106 valence electrons. The zero-order chi connectivity index (χ0) is 14.6. The summed E-state index contributed by atoms with van der Waals surface area (Å²) in [6.45, 7) is 5.59. The maximum atomic E-state index is 11.9. The SMILES string of the molecule is Cc1ccc(S(=O)(=O)NOCC(C)C)cc1C(=O)O. The van der Waals surface area contributed by atoms with Crippen molar-refractivity contribution in [1.29, 1.82) is 0 Å². The highest BCUT2D eigenvalue weighted by molar-refractivity contribution is 7.89. The highest BCUT2D eigenvalue weighted by Gasteiger charge is 2.18. The normalized spacial score (nSPS) is 11.8. The molecule has 0 aromatic heterocycles. The van der Waals surface area contributed by atoms with Gasteiger partial charge in [-0.15, -0.1) is 0 Å². The maximum Gasteiger partial charge on any atom is 0.335 e. The van der Waals surface area contributed by atoms with Crippen LogP contribution >= 0.6 is 0 Å². The molecule has 6 nitrogen and oxygen atoms in total. The van der Waals surface area contributed by atoms with E-state index in [1.165, 1.54) is 12.1 Å². The lowest BCUT2D eigenvalue weighted by Crippen LogP contribution is -2.26. The van der Waals surface area contributed by atoms with Crippen molar-refractivity contribution in [3.8, 4) is 0 Å². The monoisotopic (exact) mass is 287 g/mol. The van der Waals surface area contributed by atoms with Crippen LogP contribution in [-0.4, -0.2) is 26.1 Å². The first-order valence-electron chi connectivity index (χ1n) is 5.71. The molecule has 0 amide bonds. The van der Waals surface area contributed by atoms with E-state index in [9.17, 15) is 13.2 Å². The van der Waals surface area contributed by atoms with Crippen molar-refractivity contribution in [2.45, 2.75) is 25.7 Å². The van der Waals surface area contributed by atoms with Crippen molar-refractivity contribution >= 4 is 16.0 Å². The van der Waals surface area contributed by atoms with Gasteiger partial charge in [-0.3, -0.25) is 4.84 Å². The number of nitrogens with one attached hydrogen (secondary N) is 1. The number of carboxylic acid groups (broad SMARTS) is 1. The van der Waals surface area contributed by atoms with Gasteiger partial charge in [0.25, 0.3) is 10.0 Å². The van der Waals surface area contributed by atoms with E-state index in [0.29, 0.717) is 5.56 Å². The number of benzene rings is 1. The number of hydrogen-bond acceptors (Lipinski definition) is 4. The van der Waals surface area contributed by atoms with Crippen LogP contribution in [0.5, 0.6) is 0 Å². The van der Waals surface area contributed by atoms with Gasteiger partial charge in [0, 0.05) is 0 Å². The molecule has 0 saturated heterocycles. The summed E-state index contributed by atoms with van der Waals surface area (Å²) in [6, 6.07) is 3.89. The molecule has 0 aliphatic rings. The Labute approximate surface area is 112 Å². The molecule has 0 fully saturated rings. The number of sulfonamides is 1. The minimum atomic E-state index is -3.86. The highest BCUT2D eigenvalue weighted by Crippen LogP contribution is 2.15. The second-order valence-electron chi connectivity index (χ2n) is 4.57. The van der Waals surface area contributed by atoms with Crippen LogP contribution in [0.2, 0.25) is 0 Å². The van der Waals surface area contributed by atoms with E-state index < -0.39 is 16.0 Å². The van der Waals surface area contributed by atoms with Gasteiger partial charge < -0.3 is 5.11 Å². The van der Waals surface area contributed by atoms with E-state index in [4.69, 9.17) is 9.94 Å². The minimum Gasteiger partial charge on any atom is -0.478 e. The minimum absolute atomic E-state index is 0.0493. The Kier molecular flexibility index (Phi) is 5.04. The van der Waals surface area contributed by atoms with Crippen LogP contribution in [0.25, 0.3) is 0 Å². The fourth-order valence-corrected chi connectivity index (χ4v) is 2.16. The summed E-state index contributed by atoms with van der Waals surface area (Å²) < 4.78 is 23.7. The number of carboxylic acids is 1. The van der Waals surface area contributed by atoms with Gasteiger partial charge >= 0.3 is 5.97 Å². The lowest BCUT2D eigenvalue weighted by Gasteiger charge is -2.10. The van der Waals surface area contributed by atoms with Gasteiger partial charge in [0.2, 0.25) is 0 Å². The Morgan fingerprint density at radius 1 is 1.42 bits per heavy atom. The molecule has 0 bridgehead atoms. The summed E-state index contributed by atoms with van der Waals surface area (Å²) >= 11 is 0. The molecule has 0 aliphatic heterocycles. The molecule has 0 atom stereocenters. The van der Waals surface area contributed by atoms with Crippen LogP contribution in [0.15, 0.2) is 23.1 Å². The van der Waals surface area contributed by atoms with E-state index in [1.807, 2.05) is 18.7 Å². The first-order chi connectivity index (χ1) is 8.74. The van der Waals surface area contributed by atoms with Crippen LogP contribution in [-0.2, 0) is 14.9 Å². The molecule has 0 aliphatic carbocycles. The van der Waals surface area contributed by atoms with Crippen molar-refractivity contribution in [1.82, 2.24) is 4.89 Å². The summed E-state index contributed by atoms with van der Waals surface area (Å²) in [5.74, 6) is -0.993. The lowest BCUT2D eigenvalue weighted by atomic mass is 10.1. The van der Waals surface area contributed by atoms with Crippen molar-refractivity contribution < 1.29 is 23.2 Å². The molecule has 0 unspecified atom stereocenters. The predicted molar refractivity (Wildman–Crippen MR) is 69.2 cm³/mol. The van der Waals surface area contributed by atoms with Crippen LogP contribution in [0.3, 0.4) is 0 Å². The summed E-state index contributed by atoms with van der Waals surface area (Å²) in [5, 5.41) is 8.96. The summed E-state index contributed by atoms with van der Waals surface area (Å²) in [4.78, 5) is 17.6.